The van der Waals surface area contributed by atoms with Gasteiger partial charge in [0.05, 0.1) is 32.3 Å². The van der Waals surface area contributed by atoms with Gasteiger partial charge in [-0.3, -0.25) is 13.9 Å². The minimum atomic E-state index is -1.34. The molecule has 1 aliphatic heterocycles. The standard InChI is InChI=1S/C29H27Cl2FN4O4/c1-34-14-12-19(13-15-34)35-24-7-3-5-21(31)26(24)36(29(35)40)18-10-8-17(9-11-18)16-23(28(38)39)33-27(37)25-20(30)4-2-6-22(25)32/h2-11,19,23H,12-16H2,1H3,(H,33,37)(H,38,39). The van der Waals surface area contributed by atoms with Crippen molar-refractivity contribution in [2.24, 2.45) is 0 Å². The average Bonchev–Trinajstić information content (AvgIpc) is 3.22. The molecular formula is C29H27Cl2FN4O4. The van der Waals surface area contributed by atoms with Gasteiger partial charge < -0.3 is 15.3 Å². The maximum atomic E-state index is 14.2. The summed E-state index contributed by atoms with van der Waals surface area (Å²) in [6.45, 7) is 1.78. The van der Waals surface area contributed by atoms with E-state index in [0.717, 1.165) is 37.5 Å². The second kappa shape index (κ2) is 11.4. The molecule has 2 heterocycles. The largest absolute Gasteiger partial charge is 0.480 e. The minimum Gasteiger partial charge on any atom is -0.480 e. The number of amides is 1. The Balaban J connectivity index is 1.43. The van der Waals surface area contributed by atoms with Crippen molar-refractivity contribution in [3.63, 3.8) is 0 Å². The highest BCUT2D eigenvalue weighted by atomic mass is 35.5. The summed E-state index contributed by atoms with van der Waals surface area (Å²) < 4.78 is 17.6. The molecule has 208 valence electrons. The Labute approximate surface area is 239 Å². The zero-order valence-corrected chi connectivity index (χ0v) is 23.1. The van der Waals surface area contributed by atoms with Gasteiger partial charge in [0, 0.05) is 12.5 Å². The molecule has 0 bridgehead atoms. The molecule has 3 aromatic carbocycles. The van der Waals surface area contributed by atoms with Crippen molar-refractivity contribution in [2.45, 2.75) is 31.3 Å². The van der Waals surface area contributed by atoms with E-state index in [-0.39, 0.29) is 23.2 Å². The summed E-state index contributed by atoms with van der Waals surface area (Å²) in [6, 6.07) is 14.8. The molecule has 0 radical (unpaired) electrons. The SMILES string of the molecule is CN1CCC(n2c(=O)n(-c3ccc(CC(NC(=O)c4c(F)cccc4Cl)C(=O)O)cc3)c3c(Cl)cccc32)CC1. The van der Waals surface area contributed by atoms with Crippen LogP contribution in [0.3, 0.4) is 0 Å². The summed E-state index contributed by atoms with van der Waals surface area (Å²) in [5.74, 6) is -3.05. The molecule has 8 nitrogen and oxygen atoms in total. The molecule has 0 saturated carbocycles. The van der Waals surface area contributed by atoms with Crippen LogP contribution < -0.4 is 11.0 Å². The lowest BCUT2D eigenvalue weighted by molar-refractivity contribution is -0.139. The van der Waals surface area contributed by atoms with Crippen LogP contribution in [0.4, 0.5) is 4.39 Å². The molecule has 0 spiro atoms. The van der Waals surface area contributed by atoms with Gasteiger partial charge in [-0.1, -0.05) is 47.5 Å². The first-order chi connectivity index (χ1) is 19.2. The van der Waals surface area contributed by atoms with Crippen molar-refractivity contribution >= 4 is 46.1 Å². The van der Waals surface area contributed by atoms with Crippen molar-refractivity contribution in [1.82, 2.24) is 19.4 Å². The van der Waals surface area contributed by atoms with Crippen LogP contribution in [-0.4, -0.2) is 57.2 Å². The lowest BCUT2D eigenvalue weighted by Gasteiger charge is -2.29. The minimum absolute atomic E-state index is 0.0491. The monoisotopic (exact) mass is 584 g/mol. The number of piperidine rings is 1. The van der Waals surface area contributed by atoms with Gasteiger partial charge in [-0.15, -0.1) is 0 Å². The number of carbonyl (C=O) groups is 2. The number of halogens is 3. The van der Waals surface area contributed by atoms with Gasteiger partial charge in [0.2, 0.25) is 0 Å². The number of benzene rings is 3. The number of aliphatic carboxylic acids is 1. The number of carboxylic acids is 1. The Bertz CT molecular complexity index is 1620. The lowest BCUT2D eigenvalue weighted by Crippen LogP contribution is -2.42. The molecule has 5 rings (SSSR count). The third kappa shape index (κ3) is 5.37. The number of rotatable bonds is 7. The van der Waals surface area contributed by atoms with Crippen molar-refractivity contribution in [3.05, 3.63) is 98.1 Å². The molecule has 1 atom stereocenters. The first kappa shape index (κ1) is 27.9. The molecule has 1 aliphatic rings. The average molecular weight is 585 g/mol. The number of likely N-dealkylation sites (tertiary alicyclic amines) is 1. The number of imidazole rings is 1. The van der Waals surface area contributed by atoms with Gasteiger partial charge >= 0.3 is 11.7 Å². The summed E-state index contributed by atoms with van der Waals surface area (Å²) in [7, 11) is 2.07. The van der Waals surface area contributed by atoms with E-state index in [9.17, 15) is 23.9 Å². The van der Waals surface area contributed by atoms with E-state index < -0.39 is 29.3 Å². The summed E-state index contributed by atoms with van der Waals surface area (Å²) in [5, 5.41) is 12.4. The smallest absolute Gasteiger partial charge is 0.334 e. The fourth-order valence-electron chi connectivity index (χ4n) is 5.23. The van der Waals surface area contributed by atoms with Crippen LogP contribution in [0.2, 0.25) is 10.0 Å². The first-order valence-corrected chi connectivity index (χ1v) is 13.6. The Morgan fingerprint density at radius 2 is 1.68 bits per heavy atom. The van der Waals surface area contributed by atoms with E-state index in [1.807, 2.05) is 16.7 Å². The predicted octanol–water partition coefficient (Wildman–Crippen LogP) is 4.93. The van der Waals surface area contributed by atoms with Crippen LogP contribution in [0.15, 0.2) is 65.5 Å². The van der Waals surface area contributed by atoms with Gasteiger partial charge in [-0.05, 0) is 74.9 Å². The van der Waals surface area contributed by atoms with Crippen LogP contribution >= 0.6 is 23.2 Å². The highest BCUT2D eigenvalue weighted by Gasteiger charge is 2.27. The Hall–Kier alpha value is -3.66. The Morgan fingerprint density at radius 1 is 1.02 bits per heavy atom. The number of aromatic nitrogens is 2. The molecule has 40 heavy (non-hydrogen) atoms. The van der Waals surface area contributed by atoms with Gasteiger partial charge in [-0.25, -0.2) is 14.0 Å². The molecule has 0 aliphatic carbocycles. The number of nitrogens with one attached hydrogen (secondary N) is 1. The molecule has 1 fully saturated rings. The van der Waals surface area contributed by atoms with E-state index in [1.165, 1.54) is 12.1 Å². The van der Waals surface area contributed by atoms with Gasteiger partial charge in [0.25, 0.3) is 5.91 Å². The maximum Gasteiger partial charge on any atom is 0.334 e. The fraction of sp³-hybridized carbons (Fsp3) is 0.276. The van der Waals surface area contributed by atoms with Crippen molar-refractivity contribution < 1.29 is 19.1 Å². The van der Waals surface area contributed by atoms with Crippen LogP contribution in [0.25, 0.3) is 16.7 Å². The zero-order valence-electron chi connectivity index (χ0n) is 21.6. The number of carbonyl (C=O) groups excluding carboxylic acids is 1. The second-order valence-electron chi connectivity index (χ2n) is 9.96. The van der Waals surface area contributed by atoms with E-state index in [4.69, 9.17) is 23.2 Å². The van der Waals surface area contributed by atoms with Crippen LogP contribution in [-0.2, 0) is 11.2 Å². The predicted molar refractivity (Wildman–Crippen MR) is 152 cm³/mol. The molecule has 2 N–H and O–H groups in total. The van der Waals surface area contributed by atoms with Gasteiger partial charge in [0.1, 0.15) is 11.9 Å². The lowest BCUT2D eigenvalue weighted by atomic mass is 10.0. The van der Waals surface area contributed by atoms with Crippen molar-refractivity contribution in [2.75, 3.05) is 20.1 Å². The first-order valence-electron chi connectivity index (χ1n) is 12.8. The van der Waals surface area contributed by atoms with Crippen molar-refractivity contribution in [3.8, 4) is 5.69 Å². The quantitative estimate of drug-likeness (QED) is 0.321. The number of hydrogen-bond acceptors (Lipinski definition) is 4. The molecule has 1 unspecified atom stereocenters. The molecule has 1 aromatic heterocycles. The molecule has 4 aromatic rings. The van der Waals surface area contributed by atoms with Gasteiger partial charge in [-0.2, -0.15) is 0 Å². The number of fused-ring (bicyclic) bond motifs is 1. The number of hydrogen-bond donors (Lipinski definition) is 2. The molecular weight excluding hydrogens is 558 g/mol. The normalized spacial score (nSPS) is 15.3. The third-order valence-corrected chi connectivity index (χ3v) is 7.95. The molecule has 1 saturated heterocycles. The number of nitrogens with zero attached hydrogens (tertiary/aromatic N) is 3. The Kier molecular flexibility index (Phi) is 7.98. The zero-order chi connectivity index (χ0) is 28.6. The Morgan fingerprint density at radius 3 is 2.33 bits per heavy atom. The summed E-state index contributed by atoms with van der Waals surface area (Å²) in [4.78, 5) is 40.6. The van der Waals surface area contributed by atoms with Crippen molar-refractivity contribution in [1.29, 1.82) is 0 Å². The summed E-state index contributed by atoms with van der Waals surface area (Å²) in [6.07, 6.45) is 1.63. The maximum absolute atomic E-state index is 14.2. The van der Waals surface area contributed by atoms with E-state index in [0.29, 0.717) is 21.8 Å². The number of carboxylic acid groups (broad SMARTS) is 1. The second-order valence-corrected chi connectivity index (χ2v) is 10.8. The summed E-state index contributed by atoms with van der Waals surface area (Å²) >= 11 is 12.5. The molecule has 1 amide bonds. The fourth-order valence-corrected chi connectivity index (χ4v) is 5.74. The van der Waals surface area contributed by atoms with Crippen LogP contribution in [0.1, 0.15) is 34.8 Å². The van der Waals surface area contributed by atoms with Gasteiger partial charge in [0.15, 0.2) is 0 Å². The van der Waals surface area contributed by atoms with E-state index >= 15 is 0 Å². The highest BCUT2D eigenvalue weighted by molar-refractivity contribution is 6.35. The van der Waals surface area contributed by atoms with E-state index in [2.05, 4.69) is 17.3 Å². The number of para-hydroxylation sites is 1. The van der Waals surface area contributed by atoms with Crippen LogP contribution in [0.5, 0.6) is 0 Å². The topological polar surface area (TPSA) is 96.6 Å². The third-order valence-electron chi connectivity index (χ3n) is 7.33. The summed E-state index contributed by atoms with van der Waals surface area (Å²) in [5.41, 5.74) is 1.93. The molecule has 11 heteroatoms. The highest BCUT2D eigenvalue weighted by Crippen LogP contribution is 2.30. The van der Waals surface area contributed by atoms with E-state index in [1.54, 1.807) is 34.9 Å². The van der Waals surface area contributed by atoms with Crippen LogP contribution in [0, 0.1) is 5.82 Å².